The van der Waals surface area contributed by atoms with Crippen LogP contribution in [0.25, 0.3) is 0 Å². The molecule has 43 heavy (non-hydrogen) atoms. The molecule has 0 fully saturated rings. The second-order valence-electron chi connectivity index (χ2n) is 11.1. The summed E-state index contributed by atoms with van der Waals surface area (Å²) in [5.74, 6) is -2.12. The lowest BCUT2D eigenvalue weighted by molar-refractivity contribution is 0.0755. The fourth-order valence-electron chi connectivity index (χ4n) is 5.44. The predicted octanol–water partition coefficient (Wildman–Crippen LogP) is 4.10. The molecule has 4 rings (SSSR count). The van der Waals surface area contributed by atoms with Crippen LogP contribution in [0.3, 0.4) is 0 Å². The highest BCUT2D eigenvalue weighted by Gasteiger charge is 2.26. The molecule has 3 aromatic rings. The first kappa shape index (κ1) is 32.5. The lowest BCUT2D eigenvalue weighted by Gasteiger charge is -2.24. The van der Waals surface area contributed by atoms with Gasteiger partial charge in [0, 0.05) is 53.7 Å². The van der Waals surface area contributed by atoms with Crippen LogP contribution in [0.15, 0.2) is 41.4 Å². The number of benzene rings is 2. The standard InChI is InChI=1S/C32H41F2N5O3S/c1-5-9-39(10-6-2)31(42)23-12-20(3)11-22(16-23)30(41)37-27(15-21-13-24(33)17-25(34)14-21)28(40)18-36-32-38-26-7-8-35-19-29(26)43(32)4/h11-14,16-17,27-28,35,40H,5-10,15,18-19H2,1-4H3,(H-,36,37,38,41)/p+1/t27-,28+,43?/m0/s1. The maximum atomic E-state index is 14.0. The summed E-state index contributed by atoms with van der Waals surface area (Å²) in [6, 6.07) is 7.25. The Kier molecular flexibility index (Phi) is 11.2. The van der Waals surface area contributed by atoms with E-state index in [4.69, 9.17) is 0 Å². The minimum Gasteiger partial charge on any atom is -0.389 e. The summed E-state index contributed by atoms with van der Waals surface area (Å²) in [5, 5.41) is 17.5. The van der Waals surface area contributed by atoms with E-state index in [-0.39, 0.29) is 34.9 Å². The largest absolute Gasteiger partial charge is 0.389 e. The van der Waals surface area contributed by atoms with Gasteiger partial charge in [0.2, 0.25) is 0 Å². The summed E-state index contributed by atoms with van der Waals surface area (Å²) >= 11 is 0. The van der Waals surface area contributed by atoms with Crippen LogP contribution in [0.2, 0.25) is 0 Å². The van der Waals surface area contributed by atoms with Gasteiger partial charge < -0.3 is 20.6 Å². The number of amides is 2. The molecule has 0 saturated heterocycles. The average molecular weight is 615 g/mol. The van der Waals surface area contributed by atoms with Gasteiger partial charge in [0.1, 0.15) is 17.9 Å². The molecular formula is C32H42F2N5O3S+. The molecule has 0 bridgehead atoms. The third-order valence-electron chi connectivity index (χ3n) is 7.53. The first-order valence-electron chi connectivity index (χ1n) is 14.8. The second kappa shape index (κ2) is 14.9. The highest BCUT2D eigenvalue weighted by Crippen LogP contribution is 2.22. The molecule has 2 heterocycles. The minimum absolute atomic E-state index is 0.0169. The van der Waals surface area contributed by atoms with E-state index >= 15 is 0 Å². The van der Waals surface area contributed by atoms with E-state index < -0.39 is 29.7 Å². The molecule has 0 spiro atoms. The van der Waals surface area contributed by atoms with Gasteiger partial charge in [-0.2, -0.15) is 0 Å². The SMILES string of the molecule is CCCN(CCC)C(=O)c1cc(C)cc(C(=O)N[C@@H](Cc2cc(F)cc(F)c2)[C@H](O)CN=c2[nH]c3c([s+]2C)CNCC3)c1. The van der Waals surface area contributed by atoms with Crippen molar-refractivity contribution in [2.24, 2.45) is 11.2 Å². The molecule has 0 saturated carbocycles. The molecule has 1 unspecified atom stereocenters. The number of aromatic amines is 1. The highest BCUT2D eigenvalue weighted by atomic mass is 32.2. The van der Waals surface area contributed by atoms with Gasteiger partial charge in [-0.25, -0.2) is 13.8 Å². The van der Waals surface area contributed by atoms with Crippen molar-refractivity contribution >= 4 is 22.3 Å². The van der Waals surface area contributed by atoms with Crippen molar-refractivity contribution in [3.8, 4) is 0 Å². The van der Waals surface area contributed by atoms with Crippen molar-refractivity contribution in [3.05, 3.63) is 85.7 Å². The number of carbonyl (C=O) groups is 2. The second-order valence-corrected chi connectivity index (χ2v) is 13.0. The average Bonchev–Trinajstić information content (AvgIpc) is 3.29. The summed E-state index contributed by atoms with van der Waals surface area (Å²) < 4.78 is 28.0. The third kappa shape index (κ3) is 8.36. The number of nitrogens with zero attached hydrogens (tertiary/aromatic N) is 2. The molecule has 4 N–H and O–H groups in total. The van der Waals surface area contributed by atoms with Crippen molar-refractivity contribution in [1.82, 2.24) is 20.5 Å². The van der Waals surface area contributed by atoms with Crippen LogP contribution in [0, 0.1) is 18.6 Å². The number of aryl methyl sites for hydroxylation is 1. The quantitative estimate of drug-likeness (QED) is 0.230. The molecule has 3 atom stereocenters. The molecule has 0 aliphatic carbocycles. The molecule has 232 valence electrons. The van der Waals surface area contributed by atoms with E-state index in [1.807, 2.05) is 20.8 Å². The van der Waals surface area contributed by atoms with Gasteiger partial charge in [0.05, 0.1) is 30.9 Å². The molecular weight excluding hydrogens is 572 g/mol. The molecule has 8 nitrogen and oxygen atoms in total. The third-order valence-corrected chi connectivity index (χ3v) is 9.47. The van der Waals surface area contributed by atoms with Gasteiger partial charge in [-0.1, -0.05) is 13.8 Å². The van der Waals surface area contributed by atoms with E-state index in [1.165, 1.54) is 22.7 Å². The van der Waals surface area contributed by atoms with Gasteiger partial charge >= 0.3 is 4.80 Å². The van der Waals surface area contributed by atoms with Gasteiger partial charge in [-0.3, -0.25) is 14.6 Å². The maximum absolute atomic E-state index is 14.0. The molecule has 0 radical (unpaired) electrons. The van der Waals surface area contributed by atoms with E-state index in [0.717, 1.165) is 48.8 Å². The van der Waals surface area contributed by atoms with Crippen LogP contribution in [0.4, 0.5) is 8.78 Å². The van der Waals surface area contributed by atoms with Crippen molar-refractivity contribution < 1.29 is 23.5 Å². The van der Waals surface area contributed by atoms with Gasteiger partial charge in [0.15, 0.2) is 4.88 Å². The molecule has 2 aromatic carbocycles. The molecule has 2 amide bonds. The molecule has 1 aliphatic rings. The van der Waals surface area contributed by atoms with Crippen LogP contribution < -0.4 is 15.4 Å². The fourth-order valence-corrected chi connectivity index (χ4v) is 7.06. The highest BCUT2D eigenvalue weighted by molar-refractivity contribution is 7.27. The van der Waals surface area contributed by atoms with Crippen LogP contribution in [-0.4, -0.2) is 65.1 Å². The Hall–Kier alpha value is -3.41. The Morgan fingerprint density at radius 2 is 1.74 bits per heavy atom. The normalized spacial score (nSPS) is 15.1. The lowest BCUT2D eigenvalue weighted by atomic mass is 9.99. The topological polar surface area (TPSA) is 110 Å². The van der Waals surface area contributed by atoms with E-state index in [2.05, 4.69) is 26.9 Å². The number of nitrogens with one attached hydrogen (secondary N) is 3. The van der Waals surface area contributed by atoms with Crippen LogP contribution in [0.5, 0.6) is 0 Å². The number of rotatable bonds is 12. The Bertz CT molecular complexity index is 1490. The molecule has 11 heteroatoms. The Morgan fingerprint density at radius 1 is 1.07 bits per heavy atom. The molecule has 1 aromatic heterocycles. The maximum Gasteiger partial charge on any atom is 0.339 e. The van der Waals surface area contributed by atoms with Crippen LogP contribution >= 0.6 is 10.5 Å². The van der Waals surface area contributed by atoms with Crippen LogP contribution in [-0.2, 0) is 25.6 Å². The first-order chi connectivity index (χ1) is 20.6. The fraction of sp³-hybridized carbons (Fsp3) is 0.469. The van der Waals surface area contributed by atoms with Gasteiger partial charge in [-0.05, 0) is 67.6 Å². The Labute approximate surface area is 254 Å². The Morgan fingerprint density at radius 3 is 2.40 bits per heavy atom. The van der Waals surface area contributed by atoms with Crippen molar-refractivity contribution in [1.29, 1.82) is 0 Å². The predicted molar refractivity (Wildman–Crippen MR) is 165 cm³/mol. The smallest absolute Gasteiger partial charge is 0.339 e. The summed E-state index contributed by atoms with van der Waals surface area (Å²) in [7, 11) is -0.236. The number of H-pyrrole nitrogens is 1. The number of halogens is 2. The number of aromatic nitrogens is 1. The van der Waals surface area contributed by atoms with Crippen molar-refractivity contribution in [2.75, 3.05) is 26.2 Å². The zero-order valence-corrected chi connectivity index (χ0v) is 26.1. The van der Waals surface area contributed by atoms with E-state index in [0.29, 0.717) is 24.2 Å². The van der Waals surface area contributed by atoms with Gasteiger partial charge in [0.25, 0.3) is 11.8 Å². The zero-order chi connectivity index (χ0) is 31.1. The summed E-state index contributed by atoms with van der Waals surface area (Å²) in [5.41, 5.74) is 2.88. The van der Waals surface area contributed by atoms with Crippen molar-refractivity contribution in [3.63, 3.8) is 0 Å². The van der Waals surface area contributed by atoms with Crippen LogP contribution in [0.1, 0.15) is 69.1 Å². The minimum atomic E-state index is -1.15. The monoisotopic (exact) mass is 614 g/mol. The van der Waals surface area contributed by atoms with E-state index in [1.54, 1.807) is 23.1 Å². The zero-order valence-electron chi connectivity index (χ0n) is 25.3. The number of aliphatic hydroxyl groups excluding tert-OH is 1. The number of aliphatic hydroxyl groups is 1. The summed E-state index contributed by atoms with van der Waals surface area (Å²) in [6.07, 6.45) is 3.44. The number of carbonyl (C=O) groups excluding carboxylic acids is 2. The number of thiazole rings is 1. The van der Waals surface area contributed by atoms with Gasteiger partial charge in [-0.15, -0.1) is 0 Å². The van der Waals surface area contributed by atoms with E-state index in [9.17, 15) is 23.5 Å². The first-order valence-corrected chi connectivity index (χ1v) is 16.5. The number of fused-ring (bicyclic) bond motifs is 1. The number of hydrogen-bond donors (Lipinski definition) is 4. The molecule has 1 aliphatic heterocycles. The van der Waals surface area contributed by atoms with Crippen molar-refractivity contribution in [2.45, 2.75) is 65.1 Å². The lowest BCUT2D eigenvalue weighted by Crippen LogP contribution is -2.46. The summed E-state index contributed by atoms with van der Waals surface area (Å²) in [4.78, 5) is 38.7. The summed E-state index contributed by atoms with van der Waals surface area (Å²) in [6.45, 7) is 8.74. The Balaban J connectivity index is 1.60. The number of hydrogen-bond acceptors (Lipinski definition) is 5.